The summed E-state index contributed by atoms with van der Waals surface area (Å²) in [5.74, 6) is -0.0511. The Kier molecular flexibility index (Phi) is 9.45. The van der Waals surface area contributed by atoms with Crippen molar-refractivity contribution in [3.63, 3.8) is 0 Å². The number of phenolic OH excluding ortho intramolecular Hbond substituents is 2. The molecule has 41 heavy (non-hydrogen) atoms. The van der Waals surface area contributed by atoms with Crippen LogP contribution < -0.4 is 5.43 Å². The summed E-state index contributed by atoms with van der Waals surface area (Å²) in [6, 6.07) is 30.2. The molecule has 2 N–H and O–H groups in total. The number of rotatable bonds is 4. The molecule has 1 aliphatic rings. The fourth-order valence-electron chi connectivity index (χ4n) is 4.79. The normalized spacial score (nSPS) is 11.5. The first-order chi connectivity index (χ1) is 19.4. The minimum atomic E-state index is -0.349. The van der Waals surface area contributed by atoms with E-state index in [0.717, 1.165) is 24.6 Å². The maximum absolute atomic E-state index is 12.0. The lowest BCUT2D eigenvalue weighted by Crippen LogP contribution is -2.12. The molecular weight excluding hydrogens is 534 g/mol. The molecule has 1 heterocycles. The number of halogens is 1. The molecule has 0 saturated carbocycles. The lowest BCUT2D eigenvalue weighted by molar-refractivity contribution is 0.417. The van der Waals surface area contributed by atoms with E-state index in [1.165, 1.54) is 40.0 Å². The van der Waals surface area contributed by atoms with Crippen molar-refractivity contribution < 1.29 is 14.6 Å². The highest BCUT2D eigenvalue weighted by Gasteiger charge is 2.14. The van der Waals surface area contributed by atoms with Gasteiger partial charge in [-0.2, -0.15) is 0 Å². The Hall–Kier alpha value is -4.58. The second kappa shape index (κ2) is 13.2. The Bertz CT molecular complexity index is 1720. The second-order valence-electron chi connectivity index (χ2n) is 9.90. The molecule has 0 fully saturated rings. The molecule has 5 aromatic rings. The van der Waals surface area contributed by atoms with E-state index in [1.54, 1.807) is 0 Å². The first-order valence-corrected chi connectivity index (χ1v) is 13.2. The molecule has 1 aliphatic carbocycles. The van der Waals surface area contributed by atoms with Gasteiger partial charge in [-0.25, -0.2) is 0 Å². The van der Waals surface area contributed by atoms with Gasteiger partial charge in [0.25, 0.3) is 0 Å². The van der Waals surface area contributed by atoms with Gasteiger partial charge in [0.1, 0.15) is 28.2 Å². The molecule has 0 atom stereocenters. The third kappa shape index (κ3) is 6.77. The average molecular weight is 566 g/mol. The zero-order valence-electron chi connectivity index (χ0n) is 23.0. The summed E-state index contributed by atoms with van der Waals surface area (Å²) in [7, 11) is 4.24. The van der Waals surface area contributed by atoms with Crippen LogP contribution in [0.5, 0.6) is 11.5 Å². The number of phenols is 2. The number of aromatic hydroxyl groups is 2. The Morgan fingerprint density at radius 3 is 1.98 bits per heavy atom. The molecule has 0 aliphatic heterocycles. The molecule has 4 aromatic carbocycles. The number of benzene rings is 4. The smallest absolute Gasteiger partial charge is 0.197 e. The van der Waals surface area contributed by atoms with Crippen LogP contribution >= 0.6 is 12.4 Å². The van der Waals surface area contributed by atoms with Crippen molar-refractivity contribution in [1.82, 2.24) is 4.90 Å². The SMILES string of the molecule is CN(C)CCC=C1c2ccccc2C=Cc2ccccc21.Cl.O=c1cc(-c2ccccc2)oc2cc(O)cc(O)c12. The highest BCUT2D eigenvalue weighted by Crippen LogP contribution is 2.34. The fraction of sp³-hybridized carbons (Fsp3) is 0.114. The van der Waals surface area contributed by atoms with Gasteiger partial charge in [-0.3, -0.25) is 4.79 Å². The molecule has 0 radical (unpaired) electrons. The topological polar surface area (TPSA) is 73.9 Å². The van der Waals surface area contributed by atoms with Crippen molar-refractivity contribution in [3.05, 3.63) is 136 Å². The largest absolute Gasteiger partial charge is 0.508 e. The average Bonchev–Trinajstić information content (AvgIpc) is 3.10. The van der Waals surface area contributed by atoms with Gasteiger partial charge < -0.3 is 19.5 Å². The minimum absolute atomic E-state index is 0. The summed E-state index contributed by atoms with van der Waals surface area (Å²) in [6.07, 6.45) is 7.89. The van der Waals surface area contributed by atoms with Crippen LogP contribution in [-0.2, 0) is 0 Å². The molecular formula is C35H32ClNO4. The van der Waals surface area contributed by atoms with E-state index in [2.05, 4.69) is 85.8 Å². The van der Waals surface area contributed by atoms with Crippen molar-refractivity contribution >= 4 is 41.1 Å². The summed E-state index contributed by atoms with van der Waals surface area (Å²) in [6.45, 7) is 1.07. The molecule has 0 saturated heterocycles. The Labute approximate surface area is 245 Å². The summed E-state index contributed by atoms with van der Waals surface area (Å²) in [4.78, 5) is 14.2. The minimum Gasteiger partial charge on any atom is -0.508 e. The van der Waals surface area contributed by atoms with Gasteiger partial charge in [0.05, 0.1) is 0 Å². The van der Waals surface area contributed by atoms with Gasteiger partial charge in [-0.05, 0) is 48.3 Å². The van der Waals surface area contributed by atoms with Crippen molar-refractivity contribution in [2.75, 3.05) is 20.6 Å². The highest BCUT2D eigenvalue weighted by atomic mass is 35.5. The number of hydrogen-bond acceptors (Lipinski definition) is 5. The molecule has 0 spiro atoms. The van der Waals surface area contributed by atoms with Crippen molar-refractivity contribution in [2.45, 2.75) is 6.42 Å². The predicted molar refractivity (Wildman–Crippen MR) is 171 cm³/mol. The molecule has 5 nitrogen and oxygen atoms in total. The van der Waals surface area contributed by atoms with Crippen LogP contribution in [0.25, 0.3) is 40.0 Å². The second-order valence-corrected chi connectivity index (χ2v) is 9.90. The van der Waals surface area contributed by atoms with E-state index >= 15 is 0 Å². The first kappa shape index (κ1) is 29.4. The van der Waals surface area contributed by atoms with Gasteiger partial charge in [0.15, 0.2) is 5.43 Å². The molecule has 6 heteroatoms. The van der Waals surface area contributed by atoms with Crippen molar-refractivity contribution in [1.29, 1.82) is 0 Å². The van der Waals surface area contributed by atoms with Gasteiger partial charge in [0.2, 0.25) is 0 Å². The Morgan fingerprint density at radius 2 is 1.37 bits per heavy atom. The van der Waals surface area contributed by atoms with Crippen LogP contribution in [0.15, 0.2) is 112 Å². The highest BCUT2D eigenvalue weighted by molar-refractivity contribution is 5.93. The van der Waals surface area contributed by atoms with Crippen LogP contribution in [0.4, 0.5) is 0 Å². The van der Waals surface area contributed by atoms with Gasteiger partial charge in [-0.1, -0.05) is 97.1 Å². The van der Waals surface area contributed by atoms with Crippen LogP contribution in [-0.4, -0.2) is 35.8 Å². The van der Waals surface area contributed by atoms with Crippen LogP contribution in [0, 0.1) is 0 Å². The maximum Gasteiger partial charge on any atom is 0.197 e. The van der Waals surface area contributed by atoms with E-state index in [1.807, 2.05) is 30.3 Å². The predicted octanol–water partition coefficient (Wildman–Crippen LogP) is 7.85. The quantitative estimate of drug-likeness (QED) is 0.228. The van der Waals surface area contributed by atoms with Crippen molar-refractivity contribution in [2.24, 2.45) is 0 Å². The van der Waals surface area contributed by atoms with E-state index in [-0.39, 0.29) is 40.3 Å². The van der Waals surface area contributed by atoms with Crippen LogP contribution in [0.1, 0.15) is 28.7 Å². The van der Waals surface area contributed by atoms with E-state index in [4.69, 9.17) is 4.42 Å². The zero-order valence-corrected chi connectivity index (χ0v) is 23.8. The van der Waals surface area contributed by atoms with Gasteiger partial charge in [-0.15, -0.1) is 12.4 Å². The lowest BCUT2D eigenvalue weighted by atomic mass is 9.93. The van der Waals surface area contributed by atoms with E-state index in [9.17, 15) is 15.0 Å². The molecule has 208 valence electrons. The van der Waals surface area contributed by atoms with Crippen molar-refractivity contribution in [3.8, 4) is 22.8 Å². The lowest BCUT2D eigenvalue weighted by Gasteiger charge is -2.13. The summed E-state index contributed by atoms with van der Waals surface area (Å²) in [5.41, 5.74) is 7.17. The molecule has 0 bridgehead atoms. The standard InChI is InChI=1S/C20H21N.C15H10O4.ClH/c1-21(2)15-7-12-20-18-10-5-3-8-16(18)13-14-17-9-4-6-11-19(17)20;16-10-6-11(17)15-12(18)8-13(19-14(15)7-10)9-4-2-1-3-5-9;/h3-6,8-14H,7,15H2,1-2H3;1-8,16-17H;1H. The molecule has 6 rings (SSSR count). The zero-order chi connectivity index (χ0) is 28.1. The summed E-state index contributed by atoms with van der Waals surface area (Å²) >= 11 is 0. The first-order valence-electron chi connectivity index (χ1n) is 13.2. The van der Waals surface area contributed by atoms with Gasteiger partial charge >= 0.3 is 0 Å². The Morgan fingerprint density at radius 1 is 0.780 bits per heavy atom. The van der Waals surface area contributed by atoms with E-state index in [0.29, 0.717) is 5.76 Å². The number of hydrogen-bond donors (Lipinski definition) is 2. The molecule has 0 unspecified atom stereocenters. The maximum atomic E-state index is 12.0. The summed E-state index contributed by atoms with van der Waals surface area (Å²) in [5, 5.41) is 19.2. The third-order valence-corrected chi connectivity index (χ3v) is 6.72. The monoisotopic (exact) mass is 565 g/mol. The molecule has 1 aromatic heterocycles. The number of nitrogens with zero attached hydrogens (tertiary/aromatic N) is 1. The third-order valence-electron chi connectivity index (χ3n) is 6.72. The summed E-state index contributed by atoms with van der Waals surface area (Å²) < 4.78 is 5.57. The van der Waals surface area contributed by atoms with Crippen LogP contribution in [0.3, 0.4) is 0 Å². The van der Waals surface area contributed by atoms with Crippen LogP contribution in [0.2, 0.25) is 0 Å². The Balaban J connectivity index is 0.000000185. The van der Waals surface area contributed by atoms with E-state index < -0.39 is 0 Å². The molecule has 0 amide bonds. The number of fused-ring (bicyclic) bond motifs is 3. The fourth-order valence-corrected chi connectivity index (χ4v) is 4.79. The van der Waals surface area contributed by atoms with Gasteiger partial charge in [0, 0.05) is 30.3 Å².